The van der Waals surface area contributed by atoms with Crippen LogP contribution in [-0.4, -0.2) is 76.6 Å². The maximum Gasteiger partial charge on any atom is 0.247 e. The molecule has 1 aliphatic heterocycles. The molecular weight excluding hydrogens is 572 g/mol. The molecule has 2 amide bonds. The molecule has 0 aromatic heterocycles. The van der Waals surface area contributed by atoms with E-state index in [0.29, 0.717) is 34.6 Å². The zero-order valence-corrected chi connectivity index (χ0v) is 27.5. The predicted octanol–water partition coefficient (Wildman–Crippen LogP) is 5.28. The van der Waals surface area contributed by atoms with Crippen molar-refractivity contribution in [2.45, 2.75) is 146 Å². The minimum Gasteiger partial charge on any atom is -0.493 e. The molecular formula is C36H56N2O7. The molecule has 252 valence electrons. The fourth-order valence-corrected chi connectivity index (χ4v) is 7.45. The van der Waals surface area contributed by atoms with Crippen molar-refractivity contribution in [3.63, 3.8) is 0 Å². The van der Waals surface area contributed by atoms with Crippen molar-refractivity contribution in [2.24, 2.45) is 0 Å². The molecule has 2 aliphatic carbocycles. The van der Waals surface area contributed by atoms with E-state index in [2.05, 4.69) is 12.2 Å². The van der Waals surface area contributed by atoms with Crippen molar-refractivity contribution in [1.29, 1.82) is 0 Å². The lowest BCUT2D eigenvalue weighted by atomic mass is 9.76. The number of hydrogen-bond donors (Lipinski definition) is 4. The number of carbonyl (C=O) groups excluding carboxylic acids is 2. The van der Waals surface area contributed by atoms with Gasteiger partial charge in [-0.05, 0) is 43.0 Å². The van der Waals surface area contributed by atoms with E-state index in [1.165, 1.54) is 45.6 Å². The molecule has 45 heavy (non-hydrogen) atoms. The first-order chi connectivity index (χ1) is 21.9. The Balaban J connectivity index is 1.60. The SMILES string of the molecule is CCCCCCCCCCCC(=O)N(C1CCCCCC1)[C@@H]1C=C(C(=O)NCCO)[C@@H]2c3cc(CO)cc(OC)c3O[C@@H]2[C@H]1O. The van der Waals surface area contributed by atoms with Crippen LogP contribution in [0.25, 0.3) is 0 Å². The second-order valence-electron chi connectivity index (χ2n) is 13.0. The molecule has 4 atom stereocenters. The van der Waals surface area contributed by atoms with Gasteiger partial charge in [-0.3, -0.25) is 9.59 Å². The van der Waals surface area contributed by atoms with E-state index in [1.807, 2.05) is 4.90 Å². The summed E-state index contributed by atoms with van der Waals surface area (Å²) in [6, 6.07) is 2.74. The van der Waals surface area contributed by atoms with Crippen LogP contribution in [0.15, 0.2) is 23.8 Å². The van der Waals surface area contributed by atoms with Gasteiger partial charge in [-0.25, -0.2) is 0 Å². The molecule has 1 heterocycles. The van der Waals surface area contributed by atoms with Gasteiger partial charge in [-0.15, -0.1) is 0 Å². The molecule has 3 aliphatic rings. The zero-order valence-electron chi connectivity index (χ0n) is 27.5. The van der Waals surface area contributed by atoms with E-state index in [0.717, 1.165) is 57.8 Å². The van der Waals surface area contributed by atoms with Gasteiger partial charge in [0.25, 0.3) is 0 Å². The monoisotopic (exact) mass is 628 g/mol. The topological polar surface area (TPSA) is 129 Å². The Labute approximate surface area is 269 Å². The molecule has 1 aromatic carbocycles. The molecule has 0 saturated heterocycles. The van der Waals surface area contributed by atoms with E-state index in [1.54, 1.807) is 18.2 Å². The highest BCUT2D eigenvalue weighted by molar-refractivity contribution is 5.96. The minimum atomic E-state index is -1.07. The Hall–Kier alpha value is -2.62. The second-order valence-corrected chi connectivity index (χ2v) is 13.0. The molecule has 9 nitrogen and oxygen atoms in total. The van der Waals surface area contributed by atoms with Crippen LogP contribution in [0.5, 0.6) is 11.5 Å². The summed E-state index contributed by atoms with van der Waals surface area (Å²) in [5, 5.41) is 34.1. The molecule has 9 heteroatoms. The third kappa shape index (κ3) is 8.80. The number of ether oxygens (including phenoxy) is 2. The van der Waals surface area contributed by atoms with Crippen molar-refractivity contribution in [3.8, 4) is 11.5 Å². The summed E-state index contributed by atoms with van der Waals surface area (Å²) in [6.07, 6.45) is 16.9. The second kappa shape index (κ2) is 17.9. The zero-order chi connectivity index (χ0) is 32.2. The molecule has 0 spiro atoms. The normalized spacial score (nSPS) is 22.9. The molecule has 0 unspecified atom stereocenters. The number of rotatable bonds is 17. The fourth-order valence-electron chi connectivity index (χ4n) is 7.45. The van der Waals surface area contributed by atoms with Crippen LogP contribution in [0.2, 0.25) is 0 Å². The molecule has 0 radical (unpaired) electrons. The summed E-state index contributed by atoms with van der Waals surface area (Å²) >= 11 is 0. The Morgan fingerprint density at radius 3 is 2.27 bits per heavy atom. The Kier molecular flexibility index (Phi) is 14.0. The largest absolute Gasteiger partial charge is 0.493 e. The van der Waals surface area contributed by atoms with Crippen molar-refractivity contribution >= 4 is 11.8 Å². The van der Waals surface area contributed by atoms with Crippen LogP contribution in [0.4, 0.5) is 0 Å². The maximum atomic E-state index is 14.1. The Morgan fingerprint density at radius 1 is 0.978 bits per heavy atom. The van der Waals surface area contributed by atoms with E-state index in [9.17, 15) is 24.9 Å². The summed E-state index contributed by atoms with van der Waals surface area (Å²) in [7, 11) is 1.52. The highest BCUT2D eigenvalue weighted by Gasteiger charge is 2.52. The molecule has 1 aromatic rings. The van der Waals surface area contributed by atoms with Gasteiger partial charge in [0.2, 0.25) is 11.8 Å². The number of unbranched alkanes of at least 4 members (excludes halogenated alkanes) is 8. The van der Waals surface area contributed by atoms with Gasteiger partial charge in [-0.1, -0.05) is 84.0 Å². The van der Waals surface area contributed by atoms with Gasteiger partial charge in [0, 0.05) is 30.1 Å². The van der Waals surface area contributed by atoms with E-state index in [-0.39, 0.29) is 37.6 Å². The van der Waals surface area contributed by atoms with Crippen LogP contribution >= 0.6 is 0 Å². The number of aliphatic hydroxyl groups is 3. The van der Waals surface area contributed by atoms with Crippen LogP contribution < -0.4 is 14.8 Å². The Morgan fingerprint density at radius 2 is 1.64 bits per heavy atom. The summed E-state index contributed by atoms with van der Waals surface area (Å²) < 4.78 is 12.0. The van der Waals surface area contributed by atoms with E-state index in [4.69, 9.17) is 9.47 Å². The number of nitrogens with one attached hydrogen (secondary N) is 1. The van der Waals surface area contributed by atoms with Crippen molar-refractivity contribution in [1.82, 2.24) is 10.2 Å². The minimum absolute atomic E-state index is 0.0212. The smallest absolute Gasteiger partial charge is 0.247 e. The van der Waals surface area contributed by atoms with Crippen molar-refractivity contribution in [2.75, 3.05) is 20.3 Å². The van der Waals surface area contributed by atoms with E-state index < -0.39 is 24.2 Å². The van der Waals surface area contributed by atoms with Crippen LogP contribution in [-0.2, 0) is 16.2 Å². The maximum absolute atomic E-state index is 14.1. The van der Waals surface area contributed by atoms with Gasteiger partial charge in [0.05, 0.1) is 32.3 Å². The number of hydrogen-bond acceptors (Lipinski definition) is 7. The first kappa shape index (κ1) is 35.2. The number of aliphatic hydroxyl groups excluding tert-OH is 3. The summed E-state index contributed by atoms with van der Waals surface area (Å²) in [5.41, 5.74) is 1.67. The quantitative estimate of drug-likeness (QED) is 0.136. The first-order valence-corrected chi connectivity index (χ1v) is 17.5. The third-order valence-corrected chi connectivity index (χ3v) is 9.82. The number of methoxy groups -OCH3 is 1. The van der Waals surface area contributed by atoms with E-state index >= 15 is 0 Å². The van der Waals surface area contributed by atoms with Crippen LogP contribution in [0, 0.1) is 0 Å². The standard InChI is InChI=1S/C36H56N2O7/c1-3-4-5-6-7-8-9-10-15-18-31(41)38(26-16-13-11-12-14-17-26)29-23-28(36(43)37-19-20-39)32-27-21-25(24-40)22-30(44-2)34(27)45-35(32)33(29)42/h21-23,26,29,32-33,35,39-40,42H,3-20,24H2,1-2H3,(H,37,43)/t29-,32+,33+,35+/m1/s1. The highest BCUT2D eigenvalue weighted by Crippen LogP contribution is 2.51. The summed E-state index contributed by atoms with van der Waals surface area (Å²) in [4.78, 5) is 29.6. The molecule has 4 N–H and O–H groups in total. The van der Waals surface area contributed by atoms with Gasteiger partial charge in [-0.2, -0.15) is 0 Å². The summed E-state index contributed by atoms with van der Waals surface area (Å²) in [6.45, 7) is 1.89. The van der Waals surface area contributed by atoms with Gasteiger partial charge < -0.3 is 35.0 Å². The predicted molar refractivity (Wildman–Crippen MR) is 174 cm³/mol. The van der Waals surface area contributed by atoms with Gasteiger partial charge >= 0.3 is 0 Å². The van der Waals surface area contributed by atoms with Gasteiger partial charge in [0.1, 0.15) is 12.2 Å². The van der Waals surface area contributed by atoms with Crippen molar-refractivity contribution in [3.05, 3.63) is 34.9 Å². The van der Waals surface area contributed by atoms with Crippen LogP contribution in [0.1, 0.15) is 127 Å². The van der Waals surface area contributed by atoms with Gasteiger partial charge in [0.15, 0.2) is 11.5 Å². The first-order valence-electron chi connectivity index (χ1n) is 17.5. The molecule has 0 bridgehead atoms. The average molecular weight is 629 g/mol. The number of carbonyl (C=O) groups is 2. The number of benzene rings is 1. The fraction of sp³-hybridized carbons (Fsp3) is 0.722. The number of fused-ring (bicyclic) bond motifs is 3. The lowest BCUT2D eigenvalue weighted by Crippen LogP contribution is -2.58. The molecule has 4 rings (SSSR count). The lowest BCUT2D eigenvalue weighted by Gasteiger charge is -2.44. The Bertz CT molecular complexity index is 1130. The highest BCUT2D eigenvalue weighted by atomic mass is 16.5. The molecule has 1 saturated carbocycles. The lowest BCUT2D eigenvalue weighted by molar-refractivity contribution is -0.141. The summed E-state index contributed by atoms with van der Waals surface area (Å²) in [5.74, 6) is -0.102. The number of nitrogens with zero attached hydrogens (tertiary/aromatic N) is 1. The number of amides is 2. The molecule has 1 fully saturated rings. The van der Waals surface area contributed by atoms with Crippen LogP contribution in [0.3, 0.4) is 0 Å². The average Bonchev–Trinajstić information content (AvgIpc) is 3.24. The van der Waals surface area contributed by atoms with Crippen molar-refractivity contribution < 1.29 is 34.4 Å². The third-order valence-electron chi connectivity index (χ3n) is 9.82.